The van der Waals surface area contributed by atoms with Crippen LogP contribution in [0.3, 0.4) is 0 Å². The summed E-state index contributed by atoms with van der Waals surface area (Å²) in [6.45, 7) is 13.3. The SMILES string of the molecule is C=C(C)COC(=O)c1nn(Cc2ccccc2F)c(=C)c1=C. The van der Waals surface area contributed by atoms with E-state index in [1.807, 2.05) is 0 Å². The highest BCUT2D eigenvalue weighted by Gasteiger charge is 2.15. The summed E-state index contributed by atoms with van der Waals surface area (Å²) in [6, 6.07) is 6.37. The Balaban J connectivity index is 2.29. The van der Waals surface area contributed by atoms with Gasteiger partial charge in [0.15, 0.2) is 5.69 Å². The number of carbonyl (C=O) groups excluding carboxylic acids is 1. The van der Waals surface area contributed by atoms with Crippen LogP contribution in [0.5, 0.6) is 0 Å². The number of aromatic nitrogens is 2. The molecule has 0 aliphatic carbocycles. The van der Waals surface area contributed by atoms with E-state index < -0.39 is 5.97 Å². The molecular formula is C17H17FN2O2. The standard InChI is InChI=1S/C17H17FN2O2/c1-11(2)10-22-17(21)16-12(3)13(4)20(19-16)9-14-7-5-6-8-15(14)18/h5-8H,1,3-4,9-10H2,2H3. The normalized spacial score (nSPS) is 10.5. The summed E-state index contributed by atoms with van der Waals surface area (Å²) in [6.07, 6.45) is 0. The van der Waals surface area contributed by atoms with E-state index in [2.05, 4.69) is 24.8 Å². The van der Waals surface area contributed by atoms with Crippen molar-refractivity contribution in [2.75, 3.05) is 6.61 Å². The Bertz CT molecular complexity index is 824. The van der Waals surface area contributed by atoms with Gasteiger partial charge in [-0.2, -0.15) is 5.10 Å². The second kappa shape index (κ2) is 6.39. The molecule has 4 nitrogen and oxygen atoms in total. The zero-order valence-corrected chi connectivity index (χ0v) is 12.4. The van der Waals surface area contributed by atoms with Crippen molar-refractivity contribution in [1.29, 1.82) is 0 Å². The van der Waals surface area contributed by atoms with Gasteiger partial charge in [-0.25, -0.2) is 9.18 Å². The lowest BCUT2D eigenvalue weighted by atomic mass is 10.2. The first-order chi connectivity index (χ1) is 10.4. The fourth-order valence-corrected chi connectivity index (χ4v) is 1.87. The third kappa shape index (κ3) is 3.31. The summed E-state index contributed by atoms with van der Waals surface area (Å²) in [5, 5.41) is 4.97. The third-order valence-corrected chi connectivity index (χ3v) is 3.09. The van der Waals surface area contributed by atoms with Crippen LogP contribution in [-0.4, -0.2) is 22.4 Å². The first-order valence-electron chi connectivity index (χ1n) is 6.69. The minimum atomic E-state index is -0.592. The third-order valence-electron chi connectivity index (χ3n) is 3.09. The maximum absolute atomic E-state index is 13.7. The van der Waals surface area contributed by atoms with Gasteiger partial charge in [-0.1, -0.05) is 37.9 Å². The quantitative estimate of drug-likeness (QED) is 0.622. The lowest BCUT2D eigenvalue weighted by Gasteiger charge is -2.04. The zero-order valence-electron chi connectivity index (χ0n) is 12.4. The highest BCUT2D eigenvalue weighted by molar-refractivity contribution is 5.87. The molecule has 0 bridgehead atoms. The van der Waals surface area contributed by atoms with Gasteiger partial charge < -0.3 is 4.74 Å². The smallest absolute Gasteiger partial charge is 0.359 e. The van der Waals surface area contributed by atoms with E-state index in [1.165, 1.54) is 10.7 Å². The molecule has 114 valence electrons. The molecule has 0 aliphatic rings. The Morgan fingerprint density at radius 1 is 1.36 bits per heavy atom. The summed E-state index contributed by atoms with van der Waals surface area (Å²) in [5.41, 5.74) is 1.26. The van der Waals surface area contributed by atoms with Gasteiger partial charge in [-0.3, -0.25) is 4.68 Å². The molecule has 1 aromatic carbocycles. The van der Waals surface area contributed by atoms with Crippen molar-refractivity contribution in [3.05, 3.63) is 64.1 Å². The average Bonchev–Trinajstić information content (AvgIpc) is 2.75. The van der Waals surface area contributed by atoms with Crippen molar-refractivity contribution in [1.82, 2.24) is 9.78 Å². The van der Waals surface area contributed by atoms with Crippen molar-refractivity contribution in [3.8, 4) is 0 Å². The summed E-state index contributed by atoms with van der Waals surface area (Å²) in [5.74, 6) is -0.931. The van der Waals surface area contributed by atoms with E-state index in [9.17, 15) is 9.18 Å². The molecule has 22 heavy (non-hydrogen) atoms. The van der Waals surface area contributed by atoms with Gasteiger partial charge in [0.2, 0.25) is 0 Å². The fourth-order valence-electron chi connectivity index (χ4n) is 1.87. The van der Waals surface area contributed by atoms with Gasteiger partial charge in [0, 0.05) is 10.8 Å². The molecule has 0 aliphatic heterocycles. The number of nitrogens with zero attached hydrogens (tertiary/aromatic N) is 2. The number of hydrogen-bond acceptors (Lipinski definition) is 3. The second-order valence-corrected chi connectivity index (χ2v) is 5.06. The Morgan fingerprint density at radius 2 is 2.05 bits per heavy atom. The Kier molecular flexibility index (Phi) is 4.56. The maximum Gasteiger partial charge on any atom is 0.359 e. The van der Waals surface area contributed by atoms with Gasteiger partial charge >= 0.3 is 5.97 Å². The molecule has 0 fully saturated rings. The molecule has 0 saturated carbocycles. The molecule has 2 rings (SSSR count). The number of rotatable bonds is 5. The molecule has 0 unspecified atom stereocenters. The molecule has 1 aromatic heterocycles. The largest absolute Gasteiger partial charge is 0.456 e. The van der Waals surface area contributed by atoms with Crippen LogP contribution in [-0.2, 0) is 11.3 Å². The first kappa shape index (κ1) is 15.7. The molecular weight excluding hydrogens is 283 g/mol. The monoisotopic (exact) mass is 300 g/mol. The number of esters is 1. The highest BCUT2D eigenvalue weighted by atomic mass is 19.1. The number of carbonyl (C=O) groups is 1. The fraction of sp³-hybridized carbons (Fsp3) is 0.176. The van der Waals surface area contributed by atoms with E-state index in [-0.39, 0.29) is 24.7 Å². The highest BCUT2D eigenvalue weighted by Crippen LogP contribution is 2.07. The predicted molar refractivity (Wildman–Crippen MR) is 83.1 cm³/mol. The summed E-state index contributed by atoms with van der Waals surface area (Å²) in [4.78, 5) is 12.0. The molecule has 5 heteroatoms. The predicted octanol–water partition coefficient (Wildman–Crippen LogP) is 1.62. The van der Waals surface area contributed by atoms with Crippen LogP contribution in [0.25, 0.3) is 13.2 Å². The molecule has 1 heterocycles. The Morgan fingerprint density at radius 3 is 2.68 bits per heavy atom. The van der Waals surface area contributed by atoms with Crippen LogP contribution < -0.4 is 10.6 Å². The van der Waals surface area contributed by atoms with E-state index in [4.69, 9.17) is 4.74 Å². The number of halogens is 1. The van der Waals surface area contributed by atoms with Gasteiger partial charge in [-0.05, 0) is 18.6 Å². The van der Waals surface area contributed by atoms with Crippen LogP contribution in [0.4, 0.5) is 4.39 Å². The van der Waals surface area contributed by atoms with Crippen LogP contribution in [0.1, 0.15) is 23.0 Å². The number of benzene rings is 1. The van der Waals surface area contributed by atoms with Crippen molar-refractivity contribution in [2.45, 2.75) is 13.5 Å². The molecule has 0 atom stereocenters. The van der Waals surface area contributed by atoms with E-state index in [1.54, 1.807) is 25.1 Å². The second-order valence-electron chi connectivity index (χ2n) is 5.06. The van der Waals surface area contributed by atoms with Crippen LogP contribution in [0, 0.1) is 5.82 Å². The van der Waals surface area contributed by atoms with Gasteiger partial charge in [-0.15, -0.1) is 0 Å². The van der Waals surface area contributed by atoms with Crippen LogP contribution >= 0.6 is 0 Å². The van der Waals surface area contributed by atoms with Crippen molar-refractivity contribution in [3.63, 3.8) is 0 Å². The first-order valence-corrected chi connectivity index (χ1v) is 6.69. The average molecular weight is 300 g/mol. The van der Waals surface area contributed by atoms with Crippen molar-refractivity contribution < 1.29 is 13.9 Å². The molecule has 0 radical (unpaired) electrons. The Hall–Kier alpha value is -2.69. The van der Waals surface area contributed by atoms with Gasteiger partial charge in [0.25, 0.3) is 0 Å². The summed E-state index contributed by atoms with van der Waals surface area (Å²) < 4.78 is 20.2. The summed E-state index contributed by atoms with van der Waals surface area (Å²) >= 11 is 0. The van der Waals surface area contributed by atoms with Crippen molar-refractivity contribution >= 4 is 19.1 Å². The molecule has 0 saturated heterocycles. The zero-order chi connectivity index (χ0) is 16.3. The van der Waals surface area contributed by atoms with E-state index in [0.29, 0.717) is 16.1 Å². The molecule has 0 amide bonds. The molecule has 2 aromatic rings. The van der Waals surface area contributed by atoms with E-state index in [0.717, 1.165) is 5.57 Å². The number of hydrogen-bond donors (Lipinski definition) is 0. The minimum absolute atomic E-state index is 0.0857. The lowest BCUT2D eigenvalue weighted by molar-refractivity contribution is 0.0531. The maximum atomic E-state index is 13.7. The van der Waals surface area contributed by atoms with Gasteiger partial charge in [0.05, 0.1) is 11.9 Å². The minimum Gasteiger partial charge on any atom is -0.456 e. The van der Waals surface area contributed by atoms with Crippen LogP contribution in [0.2, 0.25) is 0 Å². The topological polar surface area (TPSA) is 44.1 Å². The molecule has 0 spiro atoms. The molecule has 0 N–H and O–H groups in total. The van der Waals surface area contributed by atoms with Crippen molar-refractivity contribution in [2.24, 2.45) is 0 Å². The van der Waals surface area contributed by atoms with Crippen LogP contribution in [0.15, 0.2) is 36.4 Å². The summed E-state index contributed by atoms with van der Waals surface area (Å²) in [7, 11) is 0. The Labute approximate surface area is 127 Å². The lowest BCUT2D eigenvalue weighted by Crippen LogP contribution is -2.29. The van der Waals surface area contributed by atoms with Gasteiger partial charge in [0.1, 0.15) is 12.4 Å². The van der Waals surface area contributed by atoms with E-state index >= 15 is 0 Å². The number of ether oxygens (including phenoxy) is 1.